The molecule has 5 nitrogen and oxygen atoms in total. The molecule has 106 valence electrons. The highest BCUT2D eigenvalue weighted by Crippen LogP contribution is 2.31. The molecule has 1 aromatic carbocycles. The quantitative estimate of drug-likeness (QED) is 0.726. The molecule has 0 aliphatic rings. The standard InChI is InChI=1S/C11H13Br2NO4S/c1-18-10(15)6-3-7-19(16,17)14-11-8(12)4-2-5-9(11)13/h2,4-5,14H,3,6-7H2,1H3. The van der Waals surface area contributed by atoms with E-state index < -0.39 is 16.0 Å². The topological polar surface area (TPSA) is 72.5 Å². The Morgan fingerprint density at radius 2 is 1.89 bits per heavy atom. The van der Waals surface area contributed by atoms with Crippen LogP contribution in [0.3, 0.4) is 0 Å². The number of sulfonamides is 1. The van der Waals surface area contributed by atoms with Crippen molar-refractivity contribution < 1.29 is 17.9 Å². The van der Waals surface area contributed by atoms with Gasteiger partial charge in [0.05, 0.1) is 18.6 Å². The van der Waals surface area contributed by atoms with Crippen LogP contribution in [0.1, 0.15) is 12.8 Å². The summed E-state index contributed by atoms with van der Waals surface area (Å²) in [5, 5.41) is 0. The molecule has 0 spiro atoms. The molecule has 0 aromatic heterocycles. The molecule has 1 N–H and O–H groups in total. The van der Waals surface area contributed by atoms with Crippen molar-refractivity contribution in [2.75, 3.05) is 17.6 Å². The summed E-state index contributed by atoms with van der Waals surface area (Å²) in [5.74, 6) is -0.562. The maximum Gasteiger partial charge on any atom is 0.305 e. The highest BCUT2D eigenvalue weighted by atomic mass is 79.9. The van der Waals surface area contributed by atoms with Gasteiger partial charge in [0, 0.05) is 15.4 Å². The summed E-state index contributed by atoms with van der Waals surface area (Å²) in [5.41, 5.74) is 0.445. The predicted molar refractivity (Wildman–Crippen MR) is 80.5 cm³/mol. The lowest BCUT2D eigenvalue weighted by molar-refractivity contribution is -0.140. The molecule has 0 radical (unpaired) electrons. The Labute approximate surface area is 129 Å². The summed E-state index contributed by atoms with van der Waals surface area (Å²) >= 11 is 6.54. The Morgan fingerprint density at radius 3 is 2.42 bits per heavy atom. The summed E-state index contributed by atoms with van der Waals surface area (Å²) in [6, 6.07) is 5.25. The zero-order valence-electron chi connectivity index (χ0n) is 10.2. The SMILES string of the molecule is COC(=O)CCCS(=O)(=O)Nc1c(Br)cccc1Br. The van der Waals surface area contributed by atoms with Gasteiger partial charge < -0.3 is 4.74 Å². The van der Waals surface area contributed by atoms with E-state index in [2.05, 4.69) is 41.3 Å². The molecule has 0 saturated carbocycles. The number of anilines is 1. The van der Waals surface area contributed by atoms with Gasteiger partial charge in [-0.2, -0.15) is 0 Å². The predicted octanol–water partition coefficient (Wildman–Crippen LogP) is 2.91. The largest absolute Gasteiger partial charge is 0.469 e. The van der Waals surface area contributed by atoms with Gasteiger partial charge in [0.2, 0.25) is 10.0 Å². The number of hydrogen-bond donors (Lipinski definition) is 1. The molecule has 0 atom stereocenters. The van der Waals surface area contributed by atoms with Crippen LogP contribution in [0.25, 0.3) is 0 Å². The first kappa shape index (κ1) is 16.5. The summed E-state index contributed by atoms with van der Waals surface area (Å²) < 4.78 is 31.9. The van der Waals surface area contributed by atoms with Crippen LogP contribution in [-0.4, -0.2) is 27.2 Å². The minimum absolute atomic E-state index is 0.0779. The number of methoxy groups -OCH3 is 1. The third kappa shape index (κ3) is 5.50. The van der Waals surface area contributed by atoms with Gasteiger partial charge in [0.25, 0.3) is 0 Å². The van der Waals surface area contributed by atoms with Crippen molar-refractivity contribution >= 4 is 53.5 Å². The molecule has 0 heterocycles. The van der Waals surface area contributed by atoms with Crippen LogP contribution in [0.4, 0.5) is 5.69 Å². The van der Waals surface area contributed by atoms with Crippen LogP contribution in [0, 0.1) is 0 Å². The lowest BCUT2D eigenvalue weighted by Gasteiger charge is -2.11. The van der Waals surface area contributed by atoms with Crippen molar-refractivity contribution in [1.82, 2.24) is 0 Å². The van der Waals surface area contributed by atoms with Gasteiger partial charge >= 0.3 is 5.97 Å². The Morgan fingerprint density at radius 1 is 1.32 bits per heavy atom. The first-order valence-electron chi connectivity index (χ1n) is 5.37. The van der Waals surface area contributed by atoms with E-state index >= 15 is 0 Å². The van der Waals surface area contributed by atoms with E-state index in [9.17, 15) is 13.2 Å². The second-order valence-corrected chi connectivity index (χ2v) is 7.25. The number of halogens is 2. The summed E-state index contributed by atoms with van der Waals surface area (Å²) in [6.07, 6.45) is 0.290. The number of benzene rings is 1. The number of rotatable bonds is 6. The van der Waals surface area contributed by atoms with Gasteiger partial charge in [-0.3, -0.25) is 9.52 Å². The molecule has 0 unspecified atom stereocenters. The molecule has 0 bridgehead atoms. The van der Waals surface area contributed by atoms with Crippen LogP contribution in [0.2, 0.25) is 0 Å². The van der Waals surface area contributed by atoms with Gasteiger partial charge in [-0.1, -0.05) is 6.07 Å². The molecule has 19 heavy (non-hydrogen) atoms. The van der Waals surface area contributed by atoms with Crippen LogP contribution in [0.5, 0.6) is 0 Å². The molecular weight excluding hydrogens is 402 g/mol. The molecular formula is C11H13Br2NO4S. The number of para-hydroxylation sites is 1. The number of nitrogens with one attached hydrogen (secondary N) is 1. The van der Waals surface area contributed by atoms with E-state index in [0.29, 0.717) is 14.6 Å². The van der Waals surface area contributed by atoms with Crippen LogP contribution in [-0.2, 0) is 19.6 Å². The number of hydrogen-bond acceptors (Lipinski definition) is 4. The fourth-order valence-electron chi connectivity index (χ4n) is 1.31. The molecule has 0 fully saturated rings. The Bertz CT molecular complexity index is 540. The van der Waals surface area contributed by atoms with E-state index in [1.54, 1.807) is 18.2 Å². The third-order valence-corrected chi connectivity index (χ3v) is 4.90. The van der Waals surface area contributed by atoms with Crippen molar-refractivity contribution in [2.24, 2.45) is 0 Å². The minimum atomic E-state index is -3.50. The van der Waals surface area contributed by atoms with Crippen molar-refractivity contribution in [3.63, 3.8) is 0 Å². The molecule has 0 aliphatic carbocycles. The first-order valence-corrected chi connectivity index (χ1v) is 8.61. The number of esters is 1. The first-order chi connectivity index (χ1) is 8.85. The average Bonchev–Trinajstić information content (AvgIpc) is 2.33. The minimum Gasteiger partial charge on any atom is -0.469 e. The normalized spacial score (nSPS) is 11.1. The van der Waals surface area contributed by atoms with Crippen molar-refractivity contribution in [3.05, 3.63) is 27.1 Å². The van der Waals surface area contributed by atoms with E-state index in [0.717, 1.165) is 0 Å². The zero-order chi connectivity index (χ0) is 14.5. The number of carbonyl (C=O) groups excluding carboxylic acids is 1. The highest BCUT2D eigenvalue weighted by molar-refractivity contribution is 9.11. The van der Waals surface area contributed by atoms with E-state index in [4.69, 9.17) is 0 Å². The van der Waals surface area contributed by atoms with Crippen LogP contribution in [0.15, 0.2) is 27.1 Å². The average molecular weight is 415 g/mol. The number of ether oxygens (including phenoxy) is 1. The fourth-order valence-corrected chi connectivity index (χ4v) is 3.93. The fraction of sp³-hybridized carbons (Fsp3) is 0.364. The summed E-state index contributed by atoms with van der Waals surface area (Å²) in [6.45, 7) is 0. The smallest absolute Gasteiger partial charge is 0.305 e. The van der Waals surface area contributed by atoms with Gasteiger partial charge in [0.15, 0.2) is 0 Å². The molecule has 1 rings (SSSR count). The Hall–Kier alpha value is -0.600. The van der Waals surface area contributed by atoms with Gasteiger partial charge in [-0.15, -0.1) is 0 Å². The van der Waals surface area contributed by atoms with Gasteiger partial charge in [0.1, 0.15) is 0 Å². The second-order valence-electron chi connectivity index (χ2n) is 3.70. The summed E-state index contributed by atoms with van der Waals surface area (Å²) in [7, 11) is -2.23. The Kier molecular flexibility index (Phi) is 6.28. The second kappa shape index (κ2) is 7.25. The molecule has 1 aromatic rings. The Balaban J connectivity index is 2.67. The number of carbonyl (C=O) groups is 1. The van der Waals surface area contributed by atoms with Crippen molar-refractivity contribution in [3.8, 4) is 0 Å². The van der Waals surface area contributed by atoms with Gasteiger partial charge in [-0.25, -0.2) is 8.42 Å². The lowest BCUT2D eigenvalue weighted by Crippen LogP contribution is -2.18. The van der Waals surface area contributed by atoms with Crippen LogP contribution < -0.4 is 4.72 Å². The monoisotopic (exact) mass is 413 g/mol. The molecule has 8 heteroatoms. The van der Waals surface area contributed by atoms with Gasteiger partial charge in [-0.05, 0) is 50.4 Å². The highest BCUT2D eigenvalue weighted by Gasteiger charge is 2.15. The zero-order valence-corrected chi connectivity index (χ0v) is 14.1. The molecule has 0 amide bonds. The third-order valence-electron chi connectivity index (χ3n) is 2.24. The maximum absolute atomic E-state index is 11.9. The summed E-state index contributed by atoms with van der Waals surface area (Å²) in [4.78, 5) is 10.9. The van der Waals surface area contributed by atoms with E-state index in [1.807, 2.05) is 0 Å². The van der Waals surface area contributed by atoms with Crippen molar-refractivity contribution in [2.45, 2.75) is 12.8 Å². The van der Waals surface area contributed by atoms with Crippen LogP contribution >= 0.6 is 31.9 Å². The molecule has 0 aliphatic heterocycles. The maximum atomic E-state index is 11.9. The lowest BCUT2D eigenvalue weighted by atomic mass is 10.3. The molecule has 0 saturated heterocycles. The van der Waals surface area contributed by atoms with E-state index in [-0.39, 0.29) is 18.6 Å². The van der Waals surface area contributed by atoms with E-state index in [1.165, 1.54) is 7.11 Å². The van der Waals surface area contributed by atoms with Crippen molar-refractivity contribution in [1.29, 1.82) is 0 Å².